The molecule has 5 nitrogen and oxygen atoms in total. The fourth-order valence-electron chi connectivity index (χ4n) is 1.84. The van der Waals surface area contributed by atoms with E-state index >= 15 is 0 Å². The van der Waals surface area contributed by atoms with Gasteiger partial charge in [-0.1, -0.05) is 32.4 Å². The Hall–Kier alpha value is -0.890. The highest BCUT2D eigenvalue weighted by molar-refractivity contribution is 7.89. The summed E-state index contributed by atoms with van der Waals surface area (Å²) >= 11 is 5.58. The molecule has 1 aromatic carbocycles. The van der Waals surface area contributed by atoms with Gasteiger partial charge in [-0.05, 0) is 24.0 Å². The second kappa shape index (κ2) is 6.48. The molecule has 0 radical (unpaired) electrons. The van der Waals surface area contributed by atoms with Crippen LogP contribution < -0.4 is 10.5 Å². The van der Waals surface area contributed by atoms with Crippen LogP contribution in [0.3, 0.4) is 0 Å². The molecule has 0 aliphatic heterocycles. The van der Waals surface area contributed by atoms with Gasteiger partial charge in [-0.2, -0.15) is 0 Å². The van der Waals surface area contributed by atoms with Gasteiger partial charge in [0.1, 0.15) is 4.90 Å². The summed E-state index contributed by atoms with van der Waals surface area (Å²) in [5.41, 5.74) is 5.35. The third kappa shape index (κ3) is 5.43. The van der Waals surface area contributed by atoms with Crippen LogP contribution in [0.15, 0.2) is 17.0 Å². The first-order chi connectivity index (χ1) is 9.42. The Balaban J connectivity index is 2.88. The van der Waals surface area contributed by atoms with Crippen LogP contribution >= 0.6 is 11.6 Å². The SMILES string of the molecule is CC(C)(C)CC(O)CNS(=O)(=O)c1cc(N)cc(Cl)c1F. The molecule has 0 fully saturated rings. The van der Waals surface area contributed by atoms with Crippen LogP contribution in [0.1, 0.15) is 27.2 Å². The van der Waals surface area contributed by atoms with E-state index in [1.165, 1.54) is 0 Å². The second-order valence-electron chi connectivity index (χ2n) is 6.09. The third-order valence-electron chi connectivity index (χ3n) is 2.66. The zero-order chi connectivity index (χ0) is 16.4. The summed E-state index contributed by atoms with van der Waals surface area (Å²) < 4.78 is 40.1. The molecule has 21 heavy (non-hydrogen) atoms. The molecule has 1 unspecified atom stereocenters. The van der Waals surface area contributed by atoms with E-state index in [0.717, 1.165) is 12.1 Å². The quantitative estimate of drug-likeness (QED) is 0.717. The number of rotatable bonds is 5. The Kier molecular flexibility index (Phi) is 5.60. The molecule has 0 bridgehead atoms. The summed E-state index contributed by atoms with van der Waals surface area (Å²) in [4.78, 5) is -0.629. The van der Waals surface area contributed by atoms with E-state index in [1.54, 1.807) is 0 Å². The minimum Gasteiger partial charge on any atom is -0.399 e. The molecule has 1 atom stereocenters. The lowest BCUT2D eigenvalue weighted by atomic mass is 9.89. The number of sulfonamides is 1. The standard InChI is InChI=1S/C13H20ClFN2O3S/c1-13(2,3)6-9(18)7-17-21(19,20)11-5-8(16)4-10(14)12(11)15/h4-5,9,17-18H,6-7,16H2,1-3H3. The predicted molar refractivity (Wildman–Crippen MR) is 81.1 cm³/mol. The number of anilines is 1. The first-order valence-corrected chi connectivity index (χ1v) is 8.21. The molecule has 8 heteroatoms. The molecule has 4 N–H and O–H groups in total. The molecule has 0 aliphatic rings. The normalized spacial score (nSPS) is 14.2. The van der Waals surface area contributed by atoms with E-state index in [0.29, 0.717) is 6.42 Å². The fourth-order valence-corrected chi connectivity index (χ4v) is 3.33. The molecule has 0 heterocycles. The summed E-state index contributed by atoms with van der Waals surface area (Å²) in [5, 5.41) is 9.43. The van der Waals surface area contributed by atoms with Crippen molar-refractivity contribution < 1.29 is 17.9 Å². The summed E-state index contributed by atoms with van der Waals surface area (Å²) in [5.74, 6) is -1.07. The van der Waals surface area contributed by atoms with Crippen LogP contribution in [0.5, 0.6) is 0 Å². The number of hydrogen-bond acceptors (Lipinski definition) is 4. The lowest BCUT2D eigenvalue weighted by Crippen LogP contribution is -2.34. The minimum absolute atomic E-state index is 0.0389. The molecule has 1 aromatic rings. The van der Waals surface area contributed by atoms with Crippen molar-refractivity contribution in [3.8, 4) is 0 Å². The van der Waals surface area contributed by atoms with E-state index < -0.39 is 26.8 Å². The number of nitrogens with two attached hydrogens (primary N) is 1. The van der Waals surface area contributed by atoms with Crippen LogP contribution in [0, 0.1) is 11.2 Å². The van der Waals surface area contributed by atoms with Gasteiger partial charge in [0.25, 0.3) is 0 Å². The Bertz CT molecular complexity index is 615. The Morgan fingerprint density at radius 1 is 1.43 bits per heavy atom. The first-order valence-electron chi connectivity index (χ1n) is 6.34. The molecule has 0 aliphatic carbocycles. The predicted octanol–water partition coefficient (Wildman–Crippen LogP) is 2.14. The van der Waals surface area contributed by atoms with Crippen molar-refractivity contribution in [2.24, 2.45) is 5.41 Å². The van der Waals surface area contributed by atoms with E-state index in [1.807, 2.05) is 20.8 Å². The van der Waals surface area contributed by atoms with Crippen molar-refractivity contribution in [1.29, 1.82) is 0 Å². The van der Waals surface area contributed by atoms with Crippen LogP contribution in [-0.4, -0.2) is 26.2 Å². The zero-order valence-electron chi connectivity index (χ0n) is 12.2. The highest BCUT2D eigenvalue weighted by Crippen LogP contribution is 2.26. The molecule has 120 valence electrons. The molecule has 0 amide bonds. The topological polar surface area (TPSA) is 92.4 Å². The van der Waals surface area contributed by atoms with E-state index in [2.05, 4.69) is 4.72 Å². The second-order valence-corrected chi connectivity index (χ2v) is 8.23. The lowest BCUT2D eigenvalue weighted by Gasteiger charge is -2.22. The van der Waals surface area contributed by atoms with Gasteiger partial charge in [0, 0.05) is 12.2 Å². The molecular weight excluding hydrogens is 319 g/mol. The van der Waals surface area contributed by atoms with Gasteiger partial charge in [0.2, 0.25) is 10.0 Å². The molecular formula is C13H20ClFN2O3S. The number of aliphatic hydroxyl groups is 1. The Labute approximate surface area is 129 Å². The van der Waals surface area contributed by atoms with Gasteiger partial charge < -0.3 is 10.8 Å². The van der Waals surface area contributed by atoms with Crippen LogP contribution in [-0.2, 0) is 10.0 Å². The maximum absolute atomic E-state index is 13.8. The van der Waals surface area contributed by atoms with E-state index in [-0.39, 0.29) is 22.7 Å². The monoisotopic (exact) mass is 338 g/mol. The largest absolute Gasteiger partial charge is 0.399 e. The van der Waals surface area contributed by atoms with Crippen molar-refractivity contribution >= 4 is 27.3 Å². The molecule has 0 spiro atoms. The van der Waals surface area contributed by atoms with Crippen molar-refractivity contribution in [2.75, 3.05) is 12.3 Å². The van der Waals surface area contributed by atoms with Gasteiger partial charge >= 0.3 is 0 Å². The maximum atomic E-state index is 13.8. The Morgan fingerprint density at radius 3 is 2.52 bits per heavy atom. The van der Waals surface area contributed by atoms with Crippen LogP contribution in [0.2, 0.25) is 5.02 Å². The average molecular weight is 339 g/mol. The molecule has 0 aromatic heterocycles. The van der Waals surface area contributed by atoms with Crippen molar-refractivity contribution in [2.45, 2.75) is 38.2 Å². The zero-order valence-corrected chi connectivity index (χ0v) is 13.7. The smallest absolute Gasteiger partial charge is 0.243 e. The molecule has 0 saturated carbocycles. The minimum atomic E-state index is -4.14. The number of halogens is 2. The third-order valence-corrected chi connectivity index (χ3v) is 4.36. The number of hydrogen-bond donors (Lipinski definition) is 3. The van der Waals surface area contributed by atoms with Crippen molar-refractivity contribution in [1.82, 2.24) is 4.72 Å². The van der Waals surface area contributed by atoms with Gasteiger partial charge in [-0.25, -0.2) is 17.5 Å². The van der Waals surface area contributed by atoms with Gasteiger partial charge in [-0.3, -0.25) is 0 Å². The van der Waals surface area contributed by atoms with Gasteiger partial charge in [-0.15, -0.1) is 0 Å². The highest BCUT2D eigenvalue weighted by atomic mass is 35.5. The first kappa shape index (κ1) is 18.2. The van der Waals surface area contributed by atoms with E-state index in [9.17, 15) is 17.9 Å². The molecule has 0 saturated heterocycles. The number of aliphatic hydroxyl groups excluding tert-OH is 1. The van der Waals surface area contributed by atoms with Gasteiger partial charge in [0.15, 0.2) is 5.82 Å². The number of benzene rings is 1. The summed E-state index contributed by atoms with van der Waals surface area (Å²) in [7, 11) is -4.14. The average Bonchev–Trinajstić information content (AvgIpc) is 2.29. The summed E-state index contributed by atoms with van der Waals surface area (Å²) in [6.07, 6.45) is -0.477. The van der Waals surface area contributed by atoms with Gasteiger partial charge in [0.05, 0.1) is 11.1 Å². The molecule has 1 rings (SSSR count). The highest BCUT2D eigenvalue weighted by Gasteiger charge is 2.24. The van der Waals surface area contributed by atoms with Crippen molar-refractivity contribution in [3.05, 3.63) is 23.0 Å². The van der Waals surface area contributed by atoms with Crippen molar-refractivity contribution in [3.63, 3.8) is 0 Å². The summed E-state index contributed by atoms with van der Waals surface area (Å²) in [6, 6.07) is 2.12. The fraction of sp³-hybridized carbons (Fsp3) is 0.538. The summed E-state index contributed by atoms with van der Waals surface area (Å²) in [6.45, 7) is 5.54. The maximum Gasteiger partial charge on any atom is 0.243 e. The van der Waals surface area contributed by atoms with Crippen LogP contribution in [0.25, 0.3) is 0 Å². The van der Waals surface area contributed by atoms with Crippen LogP contribution in [0.4, 0.5) is 10.1 Å². The van der Waals surface area contributed by atoms with E-state index in [4.69, 9.17) is 17.3 Å². The number of nitrogens with one attached hydrogen (secondary N) is 1. The Morgan fingerprint density at radius 2 is 2.00 bits per heavy atom. The lowest BCUT2D eigenvalue weighted by molar-refractivity contribution is 0.125. The number of nitrogen functional groups attached to an aromatic ring is 1.